The Morgan fingerprint density at radius 1 is 1.30 bits per heavy atom. The van der Waals surface area contributed by atoms with E-state index in [1.165, 1.54) is 24.7 Å². The fourth-order valence-corrected chi connectivity index (χ4v) is 5.12. The number of rotatable bonds is 5. The molecular weight excluding hydrogens is 417 g/mol. The van der Waals surface area contributed by atoms with E-state index in [9.17, 15) is 24.8 Å². The second kappa shape index (κ2) is 6.67. The molecule has 2 aromatic rings. The Hall–Kier alpha value is -1.66. The number of fused-ring (bicyclic) bond motifs is 6. The number of aliphatic hydroxyl groups excluding tert-OH is 2. The maximum atomic E-state index is 12.8. The molecule has 4 heterocycles. The van der Waals surface area contributed by atoms with Crippen molar-refractivity contribution < 1.29 is 34.0 Å². The van der Waals surface area contributed by atoms with Gasteiger partial charge in [-0.05, 0) is 27.2 Å². The predicted molar refractivity (Wildman–Crippen MR) is 104 cm³/mol. The largest absolute Gasteiger partial charge is 0.387 e. The van der Waals surface area contributed by atoms with Gasteiger partial charge in [-0.3, -0.25) is 13.7 Å². The van der Waals surface area contributed by atoms with Crippen LogP contribution in [-0.4, -0.2) is 69.0 Å². The number of nitrogens with zero attached hydrogens (tertiary/aromatic N) is 4. The van der Waals surface area contributed by atoms with E-state index in [4.69, 9.17) is 15.0 Å². The topological polar surface area (TPSA) is 186 Å². The lowest BCUT2D eigenvalue weighted by Gasteiger charge is -2.44. The number of hydrogen-bond acceptors (Lipinski definition) is 10. The second-order valence-corrected chi connectivity index (χ2v) is 10.8. The smallest absolute Gasteiger partial charge is 0.359 e. The third kappa shape index (κ3) is 2.90. The maximum absolute atomic E-state index is 12.8. The Labute approximate surface area is 172 Å². The fraction of sp³-hybridized carbons (Fsp3) is 0.706. The molecule has 7 atom stereocenters. The molecule has 2 aliphatic heterocycles. The van der Waals surface area contributed by atoms with Crippen LogP contribution in [0.25, 0.3) is 11.2 Å². The zero-order chi connectivity index (χ0) is 22.2. The Morgan fingerprint density at radius 2 is 1.97 bits per heavy atom. The van der Waals surface area contributed by atoms with E-state index >= 15 is 0 Å². The standard InChI is InChI=1S/C17H26N5O7P/c1-5-17(4,29-30(26,27)16(2,3)25)7-11-9(23)10(24)15(28-11)22-13(7)21-8-12(18)19-6-20-14(8)22/h6-7,9-11,15,23-25H,5H2,1-4H3,(H,26,27)(H2,18,19,20)/t7?,9?,10-,11?,15?,17?/m1/s1. The van der Waals surface area contributed by atoms with Crippen LogP contribution in [0, 0.1) is 0 Å². The summed E-state index contributed by atoms with van der Waals surface area (Å²) >= 11 is 0. The lowest BCUT2D eigenvalue weighted by Crippen LogP contribution is -2.48. The normalized spacial score (nSPS) is 32.6. The summed E-state index contributed by atoms with van der Waals surface area (Å²) in [6, 6.07) is 0. The van der Waals surface area contributed by atoms with E-state index in [1.807, 2.05) is 0 Å². The van der Waals surface area contributed by atoms with E-state index in [1.54, 1.807) is 13.8 Å². The Balaban J connectivity index is 1.93. The Morgan fingerprint density at radius 3 is 2.57 bits per heavy atom. The number of imidazole rings is 1. The minimum Gasteiger partial charge on any atom is -0.387 e. The molecule has 166 valence electrons. The van der Waals surface area contributed by atoms with Crippen molar-refractivity contribution in [2.45, 2.75) is 75.5 Å². The van der Waals surface area contributed by atoms with Crippen LogP contribution in [0.15, 0.2) is 6.33 Å². The number of hydrogen-bond donors (Lipinski definition) is 5. The highest BCUT2D eigenvalue weighted by molar-refractivity contribution is 7.54. The number of aliphatic hydroxyl groups is 3. The molecule has 0 saturated carbocycles. The number of nitrogen functional groups attached to an aromatic ring is 1. The van der Waals surface area contributed by atoms with Crippen molar-refractivity contribution in [1.29, 1.82) is 0 Å². The van der Waals surface area contributed by atoms with Crippen LogP contribution in [0.5, 0.6) is 0 Å². The first-order valence-corrected chi connectivity index (χ1v) is 11.2. The lowest BCUT2D eigenvalue weighted by atomic mass is 9.80. The van der Waals surface area contributed by atoms with Gasteiger partial charge in [0.25, 0.3) is 0 Å². The molecule has 0 amide bonds. The third-order valence-electron chi connectivity index (χ3n) is 6.05. The monoisotopic (exact) mass is 443 g/mol. The van der Waals surface area contributed by atoms with Crippen LogP contribution < -0.4 is 5.73 Å². The summed E-state index contributed by atoms with van der Waals surface area (Å²) in [6.45, 7) is 5.66. The molecule has 1 saturated heterocycles. The van der Waals surface area contributed by atoms with Crippen LogP contribution in [0.1, 0.15) is 52.1 Å². The van der Waals surface area contributed by atoms with Gasteiger partial charge in [-0.25, -0.2) is 15.0 Å². The summed E-state index contributed by atoms with van der Waals surface area (Å²) in [5, 5.41) is 29.4. The van der Waals surface area contributed by atoms with Crippen molar-refractivity contribution in [3.63, 3.8) is 0 Å². The van der Waals surface area contributed by atoms with Gasteiger partial charge in [-0.15, -0.1) is 0 Å². The van der Waals surface area contributed by atoms with Crippen molar-refractivity contribution in [2.75, 3.05) is 5.73 Å². The number of ether oxygens (including phenoxy) is 1. The van der Waals surface area contributed by atoms with Gasteiger partial charge in [0.15, 0.2) is 28.6 Å². The van der Waals surface area contributed by atoms with Gasteiger partial charge in [0.2, 0.25) is 0 Å². The molecule has 2 aromatic heterocycles. The molecule has 0 aliphatic carbocycles. The van der Waals surface area contributed by atoms with Gasteiger partial charge < -0.3 is 30.7 Å². The molecular formula is C17H26N5O7P. The maximum Gasteiger partial charge on any atom is 0.359 e. The van der Waals surface area contributed by atoms with E-state index < -0.39 is 49.0 Å². The van der Waals surface area contributed by atoms with Crippen LogP contribution in [0.4, 0.5) is 5.82 Å². The third-order valence-corrected chi connectivity index (χ3v) is 8.10. The minimum absolute atomic E-state index is 0.120. The summed E-state index contributed by atoms with van der Waals surface area (Å²) in [6.07, 6.45) is -3.08. The summed E-state index contributed by atoms with van der Waals surface area (Å²) in [5.74, 6) is -0.438. The molecule has 2 aliphatic rings. The van der Waals surface area contributed by atoms with E-state index in [-0.39, 0.29) is 17.8 Å². The summed E-state index contributed by atoms with van der Waals surface area (Å²) in [7, 11) is -4.53. The lowest BCUT2D eigenvalue weighted by molar-refractivity contribution is -0.109. The molecule has 0 radical (unpaired) electrons. The summed E-state index contributed by atoms with van der Waals surface area (Å²) < 4.78 is 25.9. The van der Waals surface area contributed by atoms with E-state index in [0.29, 0.717) is 11.5 Å². The Bertz CT molecular complexity index is 1040. The van der Waals surface area contributed by atoms with Crippen molar-refractivity contribution in [2.24, 2.45) is 0 Å². The highest BCUT2D eigenvalue weighted by Gasteiger charge is 2.60. The van der Waals surface area contributed by atoms with Gasteiger partial charge >= 0.3 is 7.60 Å². The quantitative estimate of drug-likeness (QED) is 0.398. The first-order valence-electron chi connectivity index (χ1n) is 9.58. The number of aromatic nitrogens is 4. The minimum atomic E-state index is -4.53. The molecule has 30 heavy (non-hydrogen) atoms. The van der Waals surface area contributed by atoms with Crippen LogP contribution in [0.3, 0.4) is 0 Å². The van der Waals surface area contributed by atoms with Gasteiger partial charge in [0.05, 0.1) is 11.5 Å². The predicted octanol–water partition coefficient (Wildman–Crippen LogP) is 0.224. The molecule has 1 fully saturated rings. The summed E-state index contributed by atoms with van der Waals surface area (Å²) in [4.78, 5) is 23.1. The van der Waals surface area contributed by atoms with Gasteiger partial charge in [-0.1, -0.05) is 6.92 Å². The van der Waals surface area contributed by atoms with Crippen molar-refractivity contribution in [1.82, 2.24) is 19.5 Å². The highest BCUT2D eigenvalue weighted by atomic mass is 31.2. The molecule has 13 heteroatoms. The highest BCUT2D eigenvalue weighted by Crippen LogP contribution is 2.61. The van der Waals surface area contributed by atoms with Crippen molar-refractivity contribution in [3.05, 3.63) is 12.2 Å². The number of nitrogens with two attached hydrogens (primary N) is 1. The second-order valence-electron chi connectivity index (χ2n) is 8.49. The molecule has 6 N–H and O–H groups in total. The molecule has 12 nitrogen and oxygen atoms in total. The zero-order valence-corrected chi connectivity index (χ0v) is 17.9. The molecule has 0 aromatic carbocycles. The Kier molecular flexibility index (Phi) is 4.79. The average molecular weight is 443 g/mol. The van der Waals surface area contributed by atoms with E-state index in [2.05, 4.69) is 15.0 Å². The fourth-order valence-electron chi connectivity index (χ4n) is 4.09. The van der Waals surface area contributed by atoms with E-state index in [0.717, 1.165) is 0 Å². The van der Waals surface area contributed by atoms with Crippen LogP contribution >= 0.6 is 7.60 Å². The van der Waals surface area contributed by atoms with Crippen molar-refractivity contribution >= 4 is 24.6 Å². The van der Waals surface area contributed by atoms with Gasteiger partial charge in [-0.2, -0.15) is 0 Å². The van der Waals surface area contributed by atoms with Gasteiger partial charge in [0.1, 0.15) is 30.5 Å². The number of anilines is 1. The summed E-state index contributed by atoms with van der Waals surface area (Å²) in [5.41, 5.74) is 5.11. The van der Waals surface area contributed by atoms with Crippen LogP contribution in [-0.2, 0) is 13.8 Å². The zero-order valence-electron chi connectivity index (χ0n) is 17.0. The first-order chi connectivity index (χ1) is 13.8. The van der Waals surface area contributed by atoms with Crippen molar-refractivity contribution in [3.8, 4) is 0 Å². The van der Waals surface area contributed by atoms with Gasteiger partial charge in [0, 0.05) is 0 Å². The molecule has 0 spiro atoms. The molecule has 2 bridgehead atoms. The van der Waals surface area contributed by atoms with Crippen LogP contribution in [0.2, 0.25) is 0 Å². The SMILES string of the molecule is CCC(C)(OP(=O)(O)C(C)(C)O)C1c2nc3c(N)ncnc3n2C2OC1C(O)[C@H]2O. The average Bonchev–Trinajstić information content (AvgIpc) is 3.14. The molecule has 4 rings (SSSR count). The molecule has 6 unspecified atom stereocenters. The first kappa shape index (κ1) is 21.6.